The van der Waals surface area contributed by atoms with E-state index in [1.54, 1.807) is 0 Å². The molecule has 0 saturated carbocycles. The number of aliphatic hydroxyl groups excluding tert-OH is 1. The summed E-state index contributed by atoms with van der Waals surface area (Å²) in [5.74, 6) is 0.923. The second-order valence-electron chi connectivity index (χ2n) is 7.16. The second kappa shape index (κ2) is 10.1. The molecule has 0 bridgehead atoms. The van der Waals surface area contributed by atoms with E-state index in [1.807, 2.05) is 59.5 Å². The van der Waals surface area contributed by atoms with Crippen molar-refractivity contribution in [1.82, 2.24) is 9.80 Å². The van der Waals surface area contributed by atoms with Crippen molar-refractivity contribution in [3.63, 3.8) is 0 Å². The molecular weight excluding hydrogens is 354 g/mol. The first-order valence-corrected chi connectivity index (χ1v) is 9.81. The van der Waals surface area contributed by atoms with Crippen molar-refractivity contribution in [1.29, 1.82) is 0 Å². The van der Waals surface area contributed by atoms with Crippen molar-refractivity contribution in [3.05, 3.63) is 60.2 Å². The number of piperazine rings is 1. The molecule has 0 radical (unpaired) electrons. The summed E-state index contributed by atoms with van der Waals surface area (Å²) in [6, 6.07) is 17.2. The fraction of sp³-hybridized carbons (Fsp3) is 0.409. The van der Waals surface area contributed by atoms with Gasteiger partial charge in [-0.1, -0.05) is 36.4 Å². The average Bonchev–Trinajstić information content (AvgIpc) is 2.73. The molecule has 6 nitrogen and oxygen atoms in total. The molecule has 1 atom stereocenters. The van der Waals surface area contributed by atoms with Crippen LogP contribution in [0.3, 0.4) is 0 Å². The predicted octanol–water partition coefficient (Wildman–Crippen LogP) is 1.79. The van der Waals surface area contributed by atoms with Gasteiger partial charge in [0.2, 0.25) is 5.91 Å². The van der Waals surface area contributed by atoms with E-state index in [2.05, 4.69) is 4.90 Å². The molecule has 1 amide bonds. The van der Waals surface area contributed by atoms with Gasteiger partial charge in [0, 0.05) is 44.8 Å². The Kier molecular flexibility index (Phi) is 7.28. The Morgan fingerprint density at radius 1 is 1.04 bits per heavy atom. The number of aliphatic hydroxyl groups is 1. The maximum atomic E-state index is 12.5. The van der Waals surface area contributed by atoms with Crippen LogP contribution >= 0.6 is 0 Å². The molecule has 1 aliphatic heterocycles. The number of carbonyl (C=O) groups is 1. The number of hydrogen-bond acceptors (Lipinski definition) is 5. The number of anilines is 1. The molecule has 6 heteroatoms. The van der Waals surface area contributed by atoms with E-state index in [0.717, 1.165) is 30.1 Å². The highest BCUT2D eigenvalue weighted by molar-refractivity contribution is 5.76. The highest BCUT2D eigenvalue weighted by Crippen LogP contribution is 2.14. The van der Waals surface area contributed by atoms with Gasteiger partial charge in [0.25, 0.3) is 0 Å². The molecule has 1 aliphatic rings. The Labute approximate surface area is 166 Å². The van der Waals surface area contributed by atoms with E-state index in [0.29, 0.717) is 32.5 Å². The lowest BCUT2D eigenvalue weighted by molar-refractivity contribution is -0.133. The molecule has 1 heterocycles. The Morgan fingerprint density at radius 2 is 1.71 bits per heavy atom. The largest absolute Gasteiger partial charge is 0.491 e. The monoisotopic (exact) mass is 383 g/mol. The zero-order valence-electron chi connectivity index (χ0n) is 16.2. The third kappa shape index (κ3) is 5.97. The Balaban J connectivity index is 1.35. The summed E-state index contributed by atoms with van der Waals surface area (Å²) in [4.78, 5) is 16.6. The van der Waals surface area contributed by atoms with E-state index in [4.69, 9.17) is 10.5 Å². The maximum Gasteiger partial charge on any atom is 0.222 e. The minimum atomic E-state index is -0.552. The van der Waals surface area contributed by atoms with Gasteiger partial charge < -0.3 is 20.5 Å². The summed E-state index contributed by atoms with van der Waals surface area (Å²) in [6.07, 6.45) is 0.590. The van der Waals surface area contributed by atoms with Gasteiger partial charge in [-0.2, -0.15) is 0 Å². The Morgan fingerprint density at radius 3 is 2.43 bits per heavy atom. The first kappa shape index (κ1) is 20.2. The lowest BCUT2D eigenvalue weighted by atomic mass is 10.1. The summed E-state index contributed by atoms with van der Waals surface area (Å²) < 4.78 is 5.60. The van der Waals surface area contributed by atoms with Crippen molar-refractivity contribution in [2.45, 2.75) is 18.9 Å². The summed E-state index contributed by atoms with van der Waals surface area (Å²) >= 11 is 0. The van der Waals surface area contributed by atoms with Gasteiger partial charge in [-0.3, -0.25) is 9.69 Å². The van der Waals surface area contributed by atoms with E-state index in [-0.39, 0.29) is 12.5 Å². The molecule has 0 aliphatic carbocycles. The molecule has 1 unspecified atom stereocenters. The van der Waals surface area contributed by atoms with Gasteiger partial charge in [-0.25, -0.2) is 0 Å². The van der Waals surface area contributed by atoms with Gasteiger partial charge in [0.15, 0.2) is 0 Å². The third-order valence-electron chi connectivity index (χ3n) is 5.04. The van der Waals surface area contributed by atoms with Crippen LogP contribution < -0.4 is 10.5 Å². The number of hydrogen-bond donors (Lipinski definition) is 2. The number of ether oxygens (including phenoxy) is 1. The number of para-hydroxylation sites is 2. The minimum Gasteiger partial charge on any atom is -0.491 e. The van der Waals surface area contributed by atoms with Gasteiger partial charge in [-0.15, -0.1) is 0 Å². The molecule has 0 aromatic heterocycles. The van der Waals surface area contributed by atoms with Crippen LogP contribution in [-0.2, 0) is 11.2 Å². The van der Waals surface area contributed by atoms with Crippen LogP contribution in [0.5, 0.6) is 5.75 Å². The Bertz CT molecular complexity index is 746. The van der Waals surface area contributed by atoms with E-state index in [9.17, 15) is 9.90 Å². The highest BCUT2D eigenvalue weighted by atomic mass is 16.5. The zero-order valence-corrected chi connectivity index (χ0v) is 16.2. The summed E-state index contributed by atoms with van der Waals surface area (Å²) in [5.41, 5.74) is 7.71. The molecule has 2 aromatic carbocycles. The number of aryl methyl sites for hydroxylation is 1. The molecule has 0 spiro atoms. The smallest absolute Gasteiger partial charge is 0.222 e. The first-order valence-electron chi connectivity index (χ1n) is 9.81. The normalized spacial score (nSPS) is 16.0. The van der Waals surface area contributed by atoms with Crippen LogP contribution in [0.1, 0.15) is 12.0 Å². The molecule has 3 rings (SSSR count). The van der Waals surface area contributed by atoms with Crippen LogP contribution in [0.15, 0.2) is 54.6 Å². The Hall–Kier alpha value is -2.57. The molecule has 150 valence electrons. The van der Waals surface area contributed by atoms with Gasteiger partial charge >= 0.3 is 0 Å². The number of amides is 1. The van der Waals surface area contributed by atoms with Crippen molar-refractivity contribution < 1.29 is 14.6 Å². The second-order valence-corrected chi connectivity index (χ2v) is 7.16. The molecule has 2 aromatic rings. The number of nitrogens with two attached hydrogens (primary N) is 1. The lowest BCUT2D eigenvalue weighted by Crippen LogP contribution is -2.51. The van der Waals surface area contributed by atoms with E-state index < -0.39 is 6.10 Å². The number of carbonyl (C=O) groups excluding carboxylic acids is 1. The maximum absolute atomic E-state index is 12.5. The summed E-state index contributed by atoms with van der Waals surface area (Å²) in [7, 11) is 0. The van der Waals surface area contributed by atoms with Gasteiger partial charge in [-0.05, 0) is 30.2 Å². The zero-order chi connectivity index (χ0) is 19.8. The predicted molar refractivity (Wildman–Crippen MR) is 110 cm³/mol. The summed E-state index contributed by atoms with van der Waals surface area (Å²) in [5, 5.41) is 10.2. The number of nitrogens with zero attached hydrogens (tertiary/aromatic N) is 2. The van der Waals surface area contributed by atoms with Crippen LogP contribution in [-0.4, -0.2) is 66.2 Å². The van der Waals surface area contributed by atoms with Crippen molar-refractivity contribution in [2.75, 3.05) is 45.1 Å². The first-order chi connectivity index (χ1) is 13.6. The number of benzene rings is 2. The van der Waals surface area contributed by atoms with Crippen molar-refractivity contribution in [3.8, 4) is 5.75 Å². The van der Waals surface area contributed by atoms with E-state index in [1.165, 1.54) is 0 Å². The fourth-order valence-electron chi connectivity index (χ4n) is 3.40. The third-order valence-corrected chi connectivity index (χ3v) is 5.04. The van der Waals surface area contributed by atoms with Gasteiger partial charge in [0.1, 0.15) is 18.5 Å². The SMILES string of the molecule is Nc1ccccc1CCC(=O)N1CCN(CC(O)COc2ccccc2)CC1. The molecule has 3 N–H and O–H groups in total. The highest BCUT2D eigenvalue weighted by Gasteiger charge is 2.22. The van der Waals surface area contributed by atoms with Crippen LogP contribution in [0, 0.1) is 0 Å². The topological polar surface area (TPSA) is 79.0 Å². The van der Waals surface area contributed by atoms with E-state index >= 15 is 0 Å². The number of rotatable bonds is 8. The van der Waals surface area contributed by atoms with Crippen molar-refractivity contribution >= 4 is 11.6 Å². The van der Waals surface area contributed by atoms with Crippen LogP contribution in [0.2, 0.25) is 0 Å². The number of β-amino-alcohol motifs (C(OH)–C–C–N with tert-alkyl or cyclic N) is 1. The number of nitrogen functional groups attached to an aromatic ring is 1. The lowest BCUT2D eigenvalue weighted by Gasteiger charge is -2.35. The minimum absolute atomic E-state index is 0.163. The standard InChI is InChI=1S/C22H29N3O3/c23-21-9-5-4-6-18(21)10-11-22(27)25-14-12-24(13-15-25)16-19(26)17-28-20-7-2-1-3-8-20/h1-9,19,26H,10-17,23H2. The quantitative estimate of drug-likeness (QED) is 0.680. The van der Waals surface area contributed by atoms with Crippen LogP contribution in [0.4, 0.5) is 5.69 Å². The van der Waals surface area contributed by atoms with Crippen LogP contribution in [0.25, 0.3) is 0 Å². The average molecular weight is 383 g/mol. The molecular formula is C22H29N3O3. The molecule has 28 heavy (non-hydrogen) atoms. The fourth-order valence-corrected chi connectivity index (χ4v) is 3.40. The summed E-state index contributed by atoms with van der Waals surface area (Å²) in [6.45, 7) is 3.73. The molecule has 1 fully saturated rings. The molecule has 1 saturated heterocycles. The van der Waals surface area contributed by atoms with Gasteiger partial charge in [0.05, 0.1) is 0 Å². The van der Waals surface area contributed by atoms with Crippen molar-refractivity contribution in [2.24, 2.45) is 0 Å².